The molecule has 1 heterocycles. The van der Waals surface area contributed by atoms with Crippen molar-refractivity contribution in [2.75, 3.05) is 33.4 Å². The first-order chi connectivity index (χ1) is 18.2. The monoisotopic (exact) mass is 496 g/mol. The second-order valence-corrected chi connectivity index (χ2v) is 9.84. The number of amides is 1. The molecule has 1 fully saturated rings. The van der Waals surface area contributed by atoms with E-state index in [0.717, 1.165) is 54.7 Å². The van der Waals surface area contributed by atoms with Crippen molar-refractivity contribution >= 4 is 11.5 Å². The smallest absolute Gasteiger partial charge is 0.251 e. The predicted molar refractivity (Wildman–Crippen MR) is 148 cm³/mol. The number of nitrogens with zero attached hydrogens (tertiary/aromatic N) is 1. The van der Waals surface area contributed by atoms with Crippen molar-refractivity contribution in [3.8, 4) is 16.9 Å². The van der Waals surface area contributed by atoms with Gasteiger partial charge in [-0.15, -0.1) is 0 Å². The van der Waals surface area contributed by atoms with E-state index in [9.17, 15) is 4.79 Å². The molecule has 192 valence electrons. The molecule has 0 radical (unpaired) electrons. The van der Waals surface area contributed by atoms with E-state index in [1.165, 1.54) is 16.7 Å². The number of benzene rings is 3. The molecule has 3 aromatic rings. The first-order valence-corrected chi connectivity index (χ1v) is 13.3. The average Bonchev–Trinajstić information content (AvgIpc) is 3.80. The molecule has 0 saturated heterocycles. The number of nitrogens with one attached hydrogen (secondary N) is 1. The first-order valence-electron chi connectivity index (χ1n) is 13.3. The molecule has 37 heavy (non-hydrogen) atoms. The van der Waals surface area contributed by atoms with E-state index in [4.69, 9.17) is 9.47 Å². The molecule has 5 heteroatoms. The third-order valence-electron chi connectivity index (χ3n) is 7.06. The lowest BCUT2D eigenvalue weighted by Gasteiger charge is -2.28. The zero-order chi connectivity index (χ0) is 25.5. The SMILES string of the molecule is COCCCOc1cccc(CN(C(=O)C2=C(c3cccc(-c4ccccc4)c3)CCNC2)C2CC2)c1. The maximum absolute atomic E-state index is 14.0. The molecule has 1 aliphatic carbocycles. The van der Waals surface area contributed by atoms with E-state index in [1.807, 2.05) is 18.2 Å². The van der Waals surface area contributed by atoms with E-state index in [-0.39, 0.29) is 5.91 Å². The fourth-order valence-corrected chi connectivity index (χ4v) is 4.97. The molecule has 0 bridgehead atoms. The molecular formula is C32H36N2O3. The summed E-state index contributed by atoms with van der Waals surface area (Å²) in [5.41, 5.74) is 6.68. The van der Waals surface area contributed by atoms with Crippen LogP contribution in [0.25, 0.3) is 16.7 Å². The minimum Gasteiger partial charge on any atom is -0.493 e. The largest absolute Gasteiger partial charge is 0.493 e. The standard InChI is InChI=1S/C32H36N2O3/c1-36-18-7-19-37-29-13-5-8-24(20-29)23-34(28-14-15-28)32(35)31-22-33-17-16-30(31)27-12-6-11-26(21-27)25-9-3-2-4-10-25/h2-6,8-13,20-21,28,33H,7,14-19,22-23H2,1H3. The maximum Gasteiger partial charge on any atom is 0.251 e. The van der Waals surface area contributed by atoms with Gasteiger partial charge in [-0.3, -0.25) is 4.79 Å². The van der Waals surface area contributed by atoms with Crippen LogP contribution in [-0.4, -0.2) is 50.3 Å². The molecule has 1 N–H and O–H groups in total. The van der Waals surface area contributed by atoms with Gasteiger partial charge < -0.3 is 19.7 Å². The summed E-state index contributed by atoms with van der Waals surface area (Å²) in [4.78, 5) is 16.1. The normalized spacial score (nSPS) is 15.5. The van der Waals surface area contributed by atoms with Crippen molar-refractivity contribution in [1.82, 2.24) is 10.2 Å². The van der Waals surface area contributed by atoms with Crippen LogP contribution >= 0.6 is 0 Å². The van der Waals surface area contributed by atoms with Crippen LogP contribution in [0.3, 0.4) is 0 Å². The zero-order valence-electron chi connectivity index (χ0n) is 21.6. The van der Waals surface area contributed by atoms with E-state index < -0.39 is 0 Å². The molecule has 0 unspecified atom stereocenters. The van der Waals surface area contributed by atoms with Gasteiger partial charge >= 0.3 is 0 Å². The fraction of sp³-hybridized carbons (Fsp3) is 0.344. The molecule has 0 spiro atoms. The zero-order valence-corrected chi connectivity index (χ0v) is 21.6. The molecule has 1 aliphatic heterocycles. The van der Waals surface area contributed by atoms with Gasteiger partial charge in [0.05, 0.1) is 6.61 Å². The minimum atomic E-state index is 0.154. The van der Waals surface area contributed by atoms with Crippen LogP contribution in [0.2, 0.25) is 0 Å². The third kappa shape index (κ3) is 6.48. The quantitative estimate of drug-likeness (QED) is 0.346. The Morgan fingerprint density at radius 2 is 1.70 bits per heavy atom. The van der Waals surface area contributed by atoms with Crippen molar-refractivity contribution in [3.63, 3.8) is 0 Å². The molecule has 1 saturated carbocycles. The van der Waals surface area contributed by atoms with Gasteiger partial charge in [0, 0.05) is 44.8 Å². The van der Waals surface area contributed by atoms with Crippen LogP contribution in [0.5, 0.6) is 5.75 Å². The second kappa shape index (κ2) is 12.2. The number of hydrogen-bond acceptors (Lipinski definition) is 4. The van der Waals surface area contributed by atoms with E-state index in [0.29, 0.717) is 32.3 Å². The van der Waals surface area contributed by atoms with Gasteiger partial charge in [-0.2, -0.15) is 0 Å². The summed E-state index contributed by atoms with van der Waals surface area (Å²) in [6.45, 7) is 3.39. The van der Waals surface area contributed by atoms with Crippen LogP contribution in [0, 0.1) is 0 Å². The van der Waals surface area contributed by atoms with Gasteiger partial charge in [-0.25, -0.2) is 0 Å². The molecule has 0 atom stereocenters. The Morgan fingerprint density at radius 1 is 0.919 bits per heavy atom. The Balaban J connectivity index is 1.38. The van der Waals surface area contributed by atoms with Crippen molar-refractivity contribution in [1.29, 1.82) is 0 Å². The highest BCUT2D eigenvalue weighted by Crippen LogP contribution is 2.34. The molecule has 5 nitrogen and oxygen atoms in total. The molecule has 1 amide bonds. The topological polar surface area (TPSA) is 50.8 Å². The Hall–Kier alpha value is -3.41. The molecule has 5 rings (SSSR count). The van der Waals surface area contributed by atoms with Gasteiger partial charge in [-0.05, 0) is 71.8 Å². The summed E-state index contributed by atoms with van der Waals surface area (Å²) in [6, 6.07) is 27.5. The molecule has 0 aromatic heterocycles. The third-order valence-corrected chi connectivity index (χ3v) is 7.06. The van der Waals surface area contributed by atoms with Gasteiger partial charge in [-0.1, -0.05) is 60.7 Å². The van der Waals surface area contributed by atoms with Crippen LogP contribution in [0.15, 0.2) is 84.4 Å². The fourth-order valence-electron chi connectivity index (χ4n) is 4.97. The van der Waals surface area contributed by atoms with Crippen LogP contribution in [0.4, 0.5) is 0 Å². The highest BCUT2D eigenvalue weighted by atomic mass is 16.5. The first kappa shape index (κ1) is 25.2. The van der Waals surface area contributed by atoms with Crippen LogP contribution < -0.4 is 10.1 Å². The Morgan fingerprint density at radius 3 is 2.51 bits per heavy atom. The number of hydrogen-bond donors (Lipinski definition) is 1. The van der Waals surface area contributed by atoms with Gasteiger partial charge in [0.25, 0.3) is 5.91 Å². The van der Waals surface area contributed by atoms with Gasteiger partial charge in [0.2, 0.25) is 0 Å². The van der Waals surface area contributed by atoms with Gasteiger partial charge in [0.1, 0.15) is 5.75 Å². The maximum atomic E-state index is 14.0. The van der Waals surface area contributed by atoms with Crippen LogP contribution in [-0.2, 0) is 16.1 Å². The summed E-state index contributed by atoms with van der Waals surface area (Å²) in [5.74, 6) is 0.995. The second-order valence-electron chi connectivity index (χ2n) is 9.84. The van der Waals surface area contributed by atoms with Crippen molar-refractivity contribution in [2.24, 2.45) is 0 Å². The lowest BCUT2D eigenvalue weighted by Crippen LogP contribution is -2.39. The van der Waals surface area contributed by atoms with E-state index in [2.05, 4.69) is 70.9 Å². The summed E-state index contributed by atoms with van der Waals surface area (Å²) in [6.07, 6.45) is 3.84. The number of methoxy groups -OCH3 is 1. The number of carbonyl (C=O) groups is 1. The molecule has 3 aromatic carbocycles. The summed E-state index contributed by atoms with van der Waals surface area (Å²) in [5, 5.41) is 3.45. The minimum absolute atomic E-state index is 0.154. The Bertz CT molecular complexity index is 1230. The lowest BCUT2D eigenvalue weighted by atomic mass is 9.91. The predicted octanol–water partition coefficient (Wildman–Crippen LogP) is 5.71. The molecule has 2 aliphatic rings. The lowest BCUT2D eigenvalue weighted by molar-refractivity contribution is -0.128. The van der Waals surface area contributed by atoms with Gasteiger partial charge in [0.15, 0.2) is 0 Å². The average molecular weight is 497 g/mol. The van der Waals surface area contributed by atoms with Crippen molar-refractivity contribution in [2.45, 2.75) is 38.3 Å². The number of rotatable bonds is 11. The summed E-state index contributed by atoms with van der Waals surface area (Å²) in [7, 11) is 1.70. The van der Waals surface area contributed by atoms with E-state index >= 15 is 0 Å². The number of carbonyl (C=O) groups excluding carboxylic acids is 1. The number of ether oxygens (including phenoxy) is 2. The highest BCUT2D eigenvalue weighted by molar-refractivity contribution is 6.02. The molecular weight excluding hydrogens is 460 g/mol. The summed E-state index contributed by atoms with van der Waals surface area (Å²) >= 11 is 0. The Labute approximate surface area is 220 Å². The highest BCUT2D eigenvalue weighted by Gasteiger charge is 2.35. The van der Waals surface area contributed by atoms with Crippen molar-refractivity contribution in [3.05, 3.63) is 95.6 Å². The Kier molecular flexibility index (Phi) is 8.34. The van der Waals surface area contributed by atoms with Crippen molar-refractivity contribution < 1.29 is 14.3 Å². The van der Waals surface area contributed by atoms with E-state index in [1.54, 1.807) is 7.11 Å². The van der Waals surface area contributed by atoms with Crippen LogP contribution in [0.1, 0.15) is 36.8 Å². The summed E-state index contributed by atoms with van der Waals surface area (Å²) < 4.78 is 11.0.